The molecule has 0 unspecified atom stereocenters. The van der Waals surface area contributed by atoms with Crippen LogP contribution in [0.2, 0.25) is 0 Å². The molecule has 0 amide bonds. The highest BCUT2D eigenvalue weighted by Crippen LogP contribution is 2.39. The van der Waals surface area contributed by atoms with Gasteiger partial charge in [0.2, 0.25) is 0 Å². The van der Waals surface area contributed by atoms with E-state index in [2.05, 4.69) is 56.9 Å². The molecule has 23 heavy (non-hydrogen) atoms. The van der Waals surface area contributed by atoms with Gasteiger partial charge in [0, 0.05) is 25.0 Å². The van der Waals surface area contributed by atoms with Gasteiger partial charge < -0.3 is 14.0 Å². The highest BCUT2D eigenvalue weighted by Gasteiger charge is 2.53. The molecule has 3 aliphatic heterocycles. The van der Waals surface area contributed by atoms with Crippen LogP contribution in [0.15, 0.2) is 24.3 Å². The summed E-state index contributed by atoms with van der Waals surface area (Å²) in [6.45, 7) is 13.5. The van der Waals surface area contributed by atoms with Gasteiger partial charge in [-0.2, -0.15) is 0 Å². The van der Waals surface area contributed by atoms with Gasteiger partial charge >= 0.3 is 7.12 Å². The molecule has 0 bridgehead atoms. The van der Waals surface area contributed by atoms with Crippen molar-refractivity contribution in [3.05, 3.63) is 29.8 Å². The Morgan fingerprint density at radius 3 is 2.17 bits per heavy atom. The van der Waals surface area contributed by atoms with E-state index in [1.807, 2.05) is 0 Å². The van der Waals surface area contributed by atoms with Crippen molar-refractivity contribution in [2.75, 3.05) is 26.3 Å². The number of nitrogens with zero attached hydrogens (tertiary/aromatic N) is 1. The van der Waals surface area contributed by atoms with Crippen molar-refractivity contribution in [2.24, 2.45) is 5.41 Å². The zero-order chi connectivity index (χ0) is 16.3. The van der Waals surface area contributed by atoms with Crippen molar-refractivity contribution in [3.63, 3.8) is 0 Å². The minimum atomic E-state index is -0.297. The van der Waals surface area contributed by atoms with Crippen LogP contribution >= 0.6 is 0 Å². The van der Waals surface area contributed by atoms with E-state index in [9.17, 15) is 0 Å². The zero-order valence-electron chi connectivity index (χ0n) is 14.6. The molecule has 3 aliphatic rings. The van der Waals surface area contributed by atoms with Crippen LogP contribution in [0, 0.1) is 5.41 Å². The Morgan fingerprint density at radius 1 is 1.00 bits per heavy atom. The van der Waals surface area contributed by atoms with Crippen molar-refractivity contribution in [1.82, 2.24) is 4.90 Å². The van der Waals surface area contributed by atoms with E-state index in [1.54, 1.807) is 0 Å². The highest BCUT2D eigenvalue weighted by molar-refractivity contribution is 6.62. The third-order valence-electron chi connectivity index (χ3n) is 5.89. The first kappa shape index (κ1) is 15.6. The van der Waals surface area contributed by atoms with Crippen LogP contribution in [-0.4, -0.2) is 49.5 Å². The quantitative estimate of drug-likeness (QED) is 0.796. The van der Waals surface area contributed by atoms with E-state index in [1.165, 1.54) is 5.56 Å². The molecular formula is C18H26BNO3. The van der Waals surface area contributed by atoms with Gasteiger partial charge in [0.15, 0.2) is 0 Å². The smallest absolute Gasteiger partial charge is 0.399 e. The minimum Gasteiger partial charge on any atom is -0.399 e. The lowest BCUT2D eigenvalue weighted by molar-refractivity contribution is -0.191. The molecule has 4 rings (SSSR count). The number of hydrogen-bond donors (Lipinski definition) is 0. The molecule has 3 fully saturated rings. The van der Waals surface area contributed by atoms with Crippen LogP contribution < -0.4 is 5.46 Å². The van der Waals surface area contributed by atoms with Gasteiger partial charge in [0.05, 0.1) is 24.4 Å². The van der Waals surface area contributed by atoms with Crippen LogP contribution in [0.4, 0.5) is 0 Å². The molecule has 1 spiro atoms. The average molecular weight is 315 g/mol. The summed E-state index contributed by atoms with van der Waals surface area (Å²) in [6, 6.07) is 8.51. The van der Waals surface area contributed by atoms with Crippen LogP contribution in [0.25, 0.3) is 0 Å². The molecule has 1 aromatic carbocycles. The fourth-order valence-electron chi connectivity index (χ4n) is 3.71. The standard InChI is InChI=1S/C18H26BNO3/c1-16(2)17(3,4)23-19(22-16)15-8-6-5-7-14(15)9-20-10-18(11-20)12-21-13-18/h5-8H,9-13H2,1-4H3. The van der Waals surface area contributed by atoms with Crippen molar-refractivity contribution >= 4 is 12.6 Å². The fraction of sp³-hybridized carbons (Fsp3) is 0.667. The predicted molar refractivity (Wildman–Crippen MR) is 90.7 cm³/mol. The molecule has 0 radical (unpaired) electrons. The number of likely N-dealkylation sites (tertiary alicyclic amines) is 1. The summed E-state index contributed by atoms with van der Waals surface area (Å²) >= 11 is 0. The summed E-state index contributed by atoms with van der Waals surface area (Å²) in [5.41, 5.74) is 2.33. The molecule has 3 heterocycles. The lowest BCUT2D eigenvalue weighted by Crippen LogP contribution is -2.65. The summed E-state index contributed by atoms with van der Waals surface area (Å²) < 4.78 is 17.8. The Labute approximate surface area is 139 Å². The molecule has 0 aliphatic carbocycles. The zero-order valence-corrected chi connectivity index (χ0v) is 14.6. The topological polar surface area (TPSA) is 30.9 Å². The molecule has 0 N–H and O–H groups in total. The van der Waals surface area contributed by atoms with E-state index >= 15 is 0 Å². The van der Waals surface area contributed by atoms with Crippen molar-refractivity contribution in [2.45, 2.75) is 45.4 Å². The third-order valence-corrected chi connectivity index (χ3v) is 5.89. The van der Waals surface area contributed by atoms with E-state index in [0.29, 0.717) is 5.41 Å². The van der Waals surface area contributed by atoms with Crippen LogP contribution in [0.3, 0.4) is 0 Å². The Kier molecular flexibility index (Phi) is 3.44. The lowest BCUT2D eigenvalue weighted by atomic mass is 9.74. The third kappa shape index (κ3) is 2.54. The van der Waals surface area contributed by atoms with Gasteiger partial charge in [0.25, 0.3) is 0 Å². The van der Waals surface area contributed by atoms with Crippen molar-refractivity contribution in [3.8, 4) is 0 Å². The summed E-state index contributed by atoms with van der Waals surface area (Å²) in [7, 11) is -0.279. The molecule has 3 saturated heterocycles. The van der Waals surface area contributed by atoms with Crippen molar-refractivity contribution < 1.29 is 14.0 Å². The fourth-order valence-corrected chi connectivity index (χ4v) is 3.71. The summed E-state index contributed by atoms with van der Waals surface area (Å²) in [5, 5.41) is 0. The second-order valence-electron chi connectivity index (χ2n) is 8.43. The summed E-state index contributed by atoms with van der Waals surface area (Å²) in [4.78, 5) is 2.49. The largest absolute Gasteiger partial charge is 0.495 e. The number of hydrogen-bond acceptors (Lipinski definition) is 4. The van der Waals surface area contributed by atoms with Crippen molar-refractivity contribution in [1.29, 1.82) is 0 Å². The normalized spacial score (nSPS) is 27.7. The second-order valence-corrected chi connectivity index (χ2v) is 8.43. The van der Waals surface area contributed by atoms with Crippen LogP contribution in [0.1, 0.15) is 33.3 Å². The first-order valence-corrected chi connectivity index (χ1v) is 8.54. The molecule has 0 saturated carbocycles. The van der Waals surface area contributed by atoms with E-state index < -0.39 is 0 Å². The van der Waals surface area contributed by atoms with E-state index in [0.717, 1.165) is 38.3 Å². The average Bonchev–Trinajstić information content (AvgIpc) is 2.60. The van der Waals surface area contributed by atoms with Crippen LogP contribution in [0.5, 0.6) is 0 Å². The van der Waals surface area contributed by atoms with Gasteiger partial charge in [-0.1, -0.05) is 24.3 Å². The molecule has 0 aromatic heterocycles. The van der Waals surface area contributed by atoms with E-state index in [-0.39, 0.29) is 18.3 Å². The van der Waals surface area contributed by atoms with Gasteiger partial charge in [-0.25, -0.2) is 0 Å². The SMILES string of the molecule is CC1(C)OB(c2ccccc2CN2CC3(COC3)C2)OC1(C)C. The first-order chi connectivity index (χ1) is 10.8. The number of benzene rings is 1. The Bertz CT molecular complexity index is 588. The van der Waals surface area contributed by atoms with Crippen LogP contribution in [-0.2, 0) is 20.6 Å². The molecule has 1 aromatic rings. The Balaban J connectivity index is 1.50. The predicted octanol–water partition coefficient (Wildman–Crippen LogP) is 1.82. The summed E-state index contributed by atoms with van der Waals surface area (Å²) in [6.07, 6.45) is 0. The number of rotatable bonds is 3. The maximum atomic E-state index is 6.24. The monoisotopic (exact) mass is 315 g/mol. The maximum Gasteiger partial charge on any atom is 0.495 e. The molecule has 124 valence electrons. The molecular weight excluding hydrogens is 289 g/mol. The molecule has 4 nitrogen and oxygen atoms in total. The minimum absolute atomic E-state index is 0.279. The van der Waals surface area contributed by atoms with Gasteiger partial charge in [-0.05, 0) is 38.7 Å². The highest BCUT2D eigenvalue weighted by atomic mass is 16.7. The second kappa shape index (κ2) is 5.06. The maximum absolute atomic E-state index is 6.24. The first-order valence-electron chi connectivity index (χ1n) is 8.54. The Morgan fingerprint density at radius 2 is 1.61 bits per heavy atom. The molecule has 5 heteroatoms. The van der Waals surface area contributed by atoms with Gasteiger partial charge in [-0.3, -0.25) is 4.90 Å². The lowest BCUT2D eigenvalue weighted by Gasteiger charge is -2.55. The number of ether oxygens (including phenoxy) is 1. The van der Waals surface area contributed by atoms with Gasteiger partial charge in [-0.15, -0.1) is 0 Å². The summed E-state index contributed by atoms with van der Waals surface area (Å²) in [5.74, 6) is 0. The molecule has 0 atom stereocenters. The van der Waals surface area contributed by atoms with E-state index in [4.69, 9.17) is 14.0 Å². The van der Waals surface area contributed by atoms with Gasteiger partial charge in [0.1, 0.15) is 0 Å². The Hall–Kier alpha value is -0.875.